The molecule has 0 aliphatic rings. The van der Waals surface area contributed by atoms with Gasteiger partial charge in [-0.1, -0.05) is 28.9 Å². The van der Waals surface area contributed by atoms with Crippen molar-refractivity contribution in [3.8, 4) is 0 Å². The highest BCUT2D eigenvalue weighted by molar-refractivity contribution is 9.10. The van der Waals surface area contributed by atoms with E-state index < -0.39 is 0 Å². The van der Waals surface area contributed by atoms with Crippen molar-refractivity contribution >= 4 is 21.6 Å². The van der Waals surface area contributed by atoms with Crippen molar-refractivity contribution in [1.82, 2.24) is 5.32 Å². The molecule has 90 valence electrons. The van der Waals surface area contributed by atoms with E-state index in [4.69, 9.17) is 0 Å². The molecule has 1 N–H and O–H groups in total. The molecule has 1 aromatic carbocycles. The monoisotopic (exact) mass is 284 g/mol. The van der Waals surface area contributed by atoms with Crippen molar-refractivity contribution < 1.29 is 0 Å². The molecule has 0 fully saturated rings. The molecule has 0 saturated carbocycles. The minimum absolute atomic E-state index is 0.571. The Labute approximate surface area is 107 Å². The molecule has 0 heterocycles. The van der Waals surface area contributed by atoms with Crippen LogP contribution < -0.4 is 10.2 Å². The van der Waals surface area contributed by atoms with Crippen molar-refractivity contribution in [2.45, 2.75) is 32.9 Å². The minimum Gasteiger partial charge on any atom is -0.372 e. The fourth-order valence-corrected chi connectivity index (χ4v) is 2.12. The van der Waals surface area contributed by atoms with E-state index in [1.54, 1.807) is 0 Å². The van der Waals surface area contributed by atoms with E-state index in [1.807, 2.05) is 7.05 Å². The van der Waals surface area contributed by atoms with Gasteiger partial charge in [0.15, 0.2) is 0 Å². The number of hydrogen-bond acceptors (Lipinski definition) is 2. The van der Waals surface area contributed by atoms with Crippen LogP contribution in [0, 0.1) is 0 Å². The van der Waals surface area contributed by atoms with Gasteiger partial charge in [0.05, 0.1) is 0 Å². The molecule has 1 rings (SSSR count). The lowest BCUT2D eigenvalue weighted by atomic mass is 10.1. The lowest BCUT2D eigenvalue weighted by molar-refractivity contribution is 0.663. The van der Waals surface area contributed by atoms with E-state index >= 15 is 0 Å². The molecule has 0 spiro atoms. The normalized spacial score (nSPS) is 12.6. The molecule has 1 unspecified atom stereocenters. The van der Waals surface area contributed by atoms with Gasteiger partial charge in [0.1, 0.15) is 0 Å². The lowest BCUT2D eigenvalue weighted by Crippen LogP contribution is -2.27. The Kier molecular flexibility index (Phi) is 5.29. The third-order valence-corrected chi connectivity index (χ3v) is 3.80. The third kappa shape index (κ3) is 3.22. The van der Waals surface area contributed by atoms with Gasteiger partial charge in [-0.2, -0.15) is 0 Å². The first-order valence-corrected chi connectivity index (χ1v) is 6.55. The summed E-state index contributed by atoms with van der Waals surface area (Å²) < 4.78 is 1.18. The molecule has 0 aromatic heterocycles. The maximum absolute atomic E-state index is 3.62. The number of nitrogens with one attached hydrogen (secondary N) is 1. The highest BCUT2D eigenvalue weighted by Gasteiger charge is 2.09. The second-order valence-corrected chi connectivity index (χ2v) is 5.03. The van der Waals surface area contributed by atoms with Crippen molar-refractivity contribution in [2.75, 3.05) is 19.0 Å². The zero-order valence-electron chi connectivity index (χ0n) is 10.5. The second-order valence-electron chi connectivity index (χ2n) is 4.17. The quantitative estimate of drug-likeness (QED) is 0.892. The van der Waals surface area contributed by atoms with Crippen LogP contribution in [-0.4, -0.2) is 20.1 Å². The maximum atomic E-state index is 3.62. The molecule has 16 heavy (non-hydrogen) atoms. The van der Waals surface area contributed by atoms with E-state index in [1.165, 1.54) is 15.7 Å². The van der Waals surface area contributed by atoms with Crippen molar-refractivity contribution in [2.24, 2.45) is 0 Å². The molecular formula is C13H21BrN2. The van der Waals surface area contributed by atoms with Crippen LogP contribution in [0.25, 0.3) is 0 Å². The van der Waals surface area contributed by atoms with Gasteiger partial charge in [-0.3, -0.25) is 0 Å². The van der Waals surface area contributed by atoms with Crippen molar-refractivity contribution in [3.05, 3.63) is 28.2 Å². The summed E-state index contributed by atoms with van der Waals surface area (Å²) in [5, 5.41) is 3.16. The van der Waals surface area contributed by atoms with Gasteiger partial charge in [-0.05, 0) is 38.1 Å². The van der Waals surface area contributed by atoms with E-state index in [2.05, 4.69) is 65.2 Å². The number of hydrogen-bond donors (Lipinski definition) is 1. The van der Waals surface area contributed by atoms with Gasteiger partial charge in [-0.25, -0.2) is 0 Å². The first kappa shape index (κ1) is 13.5. The van der Waals surface area contributed by atoms with Crippen LogP contribution in [0.5, 0.6) is 0 Å². The van der Waals surface area contributed by atoms with Crippen LogP contribution in [0.4, 0.5) is 5.69 Å². The SMILES string of the molecule is CCC(C)N(C)c1ccc(CNC)c(Br)c1. The fraction of sp³-hybridized carbons (Fsp3) is 0.538. The zero-order chi connectivity index (χ0) is 12.1. The van der Waals surface area contributed by atoms with Gasteiger partial charge < -0.3 is 10.2 Å². The second kappa shape index (κ2) is 6.26. The molecule has 1 aromatic rings. The zero-order valence-corrected chi connectivity index (χ0v) is 12.1. The summed E-state index contributed by atoms with van der Waals surface area (Å²) in [7, 11) is 4.11. The highest BCUT2D eigenvalue weighted by Crippen LogP contribution is 2.25. The first-order chi connectivity index (χ1) is 7.60. The molecule has 0 radical (unpaired) electrons. The summed E-state index contributed by atoms with van der Waals surface area (Å²) in [6, 6.07) is 7.12. The smallest absolute Gasteiger partial charge is 0.0377 e. The fourth-order valence-electron chi connectivity index (χ4n) is 1.62. The minimum atomic E-state index is 0.571. The topological polar surface area (TPSA) is 15.3 Å². The van der Waals surface area contributed by atoms with Gasteiger partial charge >= 0.3 is 0 Å². The van der Waals surface area contributed by atoms with Crippen LogP contribution in [0.2, 0.25) is 0 Å². The molecule has 0 bridgehead atoms. The molecular weight excluding hydrogens is 264 g/mol. The van der Waals surface area contributed by atoms with Gasteiger partial charge in [0.25, 0.3) is 0 Å². The average molecular weight is 285 g/mol. The van der Waals surface area contributed by atoms with Gasteiger partial charge in [0, 0.05) is 29.8 Å². The van der Waals surface area contributed by atoms with E-state index in [9.17, 15) is 0 Å². The predicted molar refractivity (Wildman–Crippen MR) is 75.1 cm³/mol. The predicted octanol–water partition coefficient (Wildman–Crippen LogP) is 3.40. The number of halogens is 1. The summed E-state index contributed by atoms with van der Waals surface area (Å²) in [6.07, 6.45) is 1.16. The molecule has 0 saturated heterocycles. The molecule has 1 atom stereocenters. The number of rotatable bonds is 5. The Morgan fingerprint density at radius 3 is 2.62 bits per heavy atom. The molecule has 0 aliphatic heterocycles. The summed E-state index contributed by atoms with van der Waals surface area (Å²) >= 11 is 3.62. The number of anilines is 1. The highest BCUT2D eigenvalue weighted by atomic mass is 79.9. The largest absolute Gasteiger partial charge is 0.372 e. The average Bonchev–Trinajstić information content (AvgIpc) is 2.30. The van der Waals surface area contributed by atoms with Crippen LogP contribution in [0.3, 0.4) is 0 Å². The lowest BCUT2D eigenvalue weighted by Gasteiger charge is -2.26. The Morgan fingerprint density at radius 2 is 2.12 bits per heavy atom. The summed E-state index contributed by atoms with van der Waals surface area (Å²) in [6.45, 7) is 5.36. The standard InChI is InChI=1S/C13H21BrN2/c1-5-10(2)16(4)12-7-6-11(9-15-3)13(14)8-12/h6-8,10,15H,5,9H2,1-4H3. The summed E-state index contributed by atoms with van der Waals surface area (Å²) in [4.78, 5) is 2.31. The molecule has 3 heteroatoms. The van der Waals surface area contributed by atoms with Gasteiger partial charge in [0.2, 0.25) is 0 Å². The summed E-state index contributed by atoms with van der Waals surface area (Å²) in [5.41, 5.74) is 2.56. The first-order valence-electron chi connectivity index (χ1n) is 5.76. The Balaban J connectivity index is 2.87. The van der Waals surface area contributed by atoms with Crippen molar-refractivity contribution in [3.63, 3.8) is 0 Å². The Hall–Kier alpha value is -0.540. The van der Waals surface area contributed by atoms with E-state index in [-0.39, 0.29) is 0 Å². The number of nitrogens with zero attached hydrogens (tertiary/aromatic N) is 1. The van der Waals surface area contributed by atoms with E-state index in [0.717, 1.165) is 13.0 Å². The molecule has 0 aliphatic carbocycles. The Bertz CT molecular complexity index is 339. The van der Waals surface area contributed by atoms with Crippen molar-refractivity contribution in [1.29, 1.82) is 0 Å². The van der Waals surface area contributed by atoms with Crippen LogP contribution in [0.15, 0.2) is 22.7 Å². The van der Waals surface area contributed by atoms with Gasteiger partial charge in [-0.15, -0.1) is 0 Å². The maximum Gasteiger partial charge on any atom is 0.0377 e. The van der Waals surface area contributed by atoms with Crippen LogP contribution in [-0.2, 0) is 6.54 Å². The van der Waals surface area contributed by atoms with E-state index in [0.29, 0.717) is 6.04 Å². The van der Waals surface area contributed by atoms with Crippen LogP contribution in [0.1, 0.15) is 25.8 Å². The molecule has 2 nitrogen and oxygen atoms in total. The summed E-state index contributed by atoms with van der Waals surface area (Å²) in [5.74, 6) is 0. The third-order valence-electron chi connectivity index (χ3n) is 3.06. The Morgan fingerprint density at radius 1 is 1.44 bits per heavy atom. The number of benzene rings is 1. The molecule has 0 amide bonds. The van der Waals surface area contributed by atoms with Crippen LogP contribution >= 0.6 is 15.9 Å².